The number of guanidine groups is 1. The molecular weight excluding hydrogens is 306 g/mol. The Hall–Kier alpha value is -2.24. The van der Waals surface area contributed by atoms with Crippen LogP contribution in [-0.4, -0.2) is 45.8 Å². The van der Waals surface area contributed by atoms with E-state index in [2.05, 4.69) is 32.5 Å². The maximum Gasteiger partial charge on any atom is 0.305 e. The van der Waals surface area contributed by atoms with Crippen molar-refractivity contribution in [1.82, 2.24) is 10.6 Å². The summed E-state index contributed by atoms with van der Waals surface area (Å²) in [4.78, 5) is 15.6. The fraction of sp³-hybridized carbons (Fsp3) is 0.556. The fourth-order valence-corrected chi connectivity index (χ4v) is 2.13. The number of benzene rings is 1. The molecule has 24 heavy (non-hydrogen) atoms. The number of nitrogens with one attached hydrogen (secondary N) is 2. The van der Waals surface area contributed by atoms with E-state index in [0.717, 1.165) is 44.1 Å². The van der Waals surface area contributed by atoms with Gasteiger partial charge < -0.3 is 20.1 Å². The smallest absolute Gasteiger partial charge is 0.305 e. The van der Waals surface area contributed by atoms with E-state index in [1.807, 2.05) is 19.1 Å². The summed E-state index contributed by atoms with van der Waals surface area (Å²) in [5.74, 6) is 1.51. The minimum atomic E-state index is -0.163. The number of carbonyl (C=O) groups excluding carboxylic acids is 1. The highest BCUT2D eigenvalue weighted by Crippen LogP contribution is 2.11. The highest BCUT2D eigenvalue weighted by molar-refractivity contribution is 5.79. The first-order valence-electron chi connectivity index (χ1n) is 8.41. The van der Waals surface area contributed by atoms with Crippen molar-refractivity contribution in [3.8, 4) is 5.75 Å². The Morgan fingerprint density at radius 3 is 2.50 bits per heavy atom. The van der Waals surface area contributed by atoms with Crippen molar-refractivity contribution >= 4 is 11.9 Å². The number of hydrogen-bond acceptors (Lipinski definition) is 4. The molecule has 0 saturated heterocycles. The van der Waals surface area contributed by atoms with Gasteiger partial charge >= 0.3 is 5.97 Å². The maximum atomic E-state index is 11.0. The zero-order valence-corrected chi connectivity index (χ0v) is 14.9. The molecule has 0 amide bonds. The molecule has 0 aliphatic carbocycles. The van der Waals surface area contributed by atoms with Crippen LogP contribution in [0.1, 0.15) is 31.7 Å². The summed E-state index contributed by atoms with van der Waals surface area (Å²) < 4.78 is 9.78. The Balaban J connectivity index is 2.30. The molecule has 1 aromatic carbocycles. The average Bonchev–Trinajstić information content (AvgIpc) is 2.61. The van der Waals surface area contributed by atoms with Gasteiger partial charge in [0.15, 0.2) is 5.96 Å². The molecule has 0 aromatic heterocycles. The van der Waals surface area contributed by atoms with Crippen molar-refractivity contribution in [3.63, 3.8) is 0 Å². The van der Waals surface area contributed by atoms with E-state index in [0.29, 0.717) is 13.0 Å². The van der Waals surface area contributed by atoms with E-state index >= 15 is 0 Å². The number of methoxy groups -OCH3 is 2. The number of carbonyl (C=O) groups is 1. The van der Waals surface area contributed by atoms with E-state index in [1.165, 1.54) is 12.7 Å². The molecule has 0 bridgehead atoms. The van der Waals surface area contributed by atoms with Crippen molar-refractivity contribution < 1.29 is 14.3 Å². The number of unbranched alkanes of at least 4 members (excludes halogenated alkanes) is 1. The van der Waals surface area contributed by atoms with E-state index < -0.39 is 0 Å². The average molecular weight is 335 g/mol. The summed E-state index contributed by atoms with van der Waals surface area (Å²) in [6.45, 7) is 4.35. The van der Waals surface area contributed by atoms with Crippen LogP contribution in [0.4, 0.5) is 0 Å². The lowest BCUT2D eigenvalue weighted by atomic mass is 10.1. The lowest BCUT2D eigenvalue weighted by molar-refractivity contribution is -0.140. The van der Waals surface area contributed by atoms with Gasteiger partial charge in [-0.2, -0.15) is 0 Å². The first kappa shape index (κ1) is 19.8. The SMILES string of the molecule is CCNC(=NCCCCC(=O)OC)NCCc1ccc(OC)cc1. The Morgan fingerprint density at radius 1 is 1.12 bits per heavy atom. The van der Waals surface area contributed by atoms with Crippen LogP contribution in [0.25, 0.3) is 0 Å². The molecule has 0 saturated carbocycles. The quantitative estimate of drug-likeness (QED) is 0.297. The van der Waals surface area contributed by atoms with E-state index in [4.69, 9.17) is 4.74 Å². The number of rotatable bonds is 10. The molecule has 1 rings (SSSR count). The number of esters is 1. The Labute approximate surface area is 144 Å². The van der Waals surface area contributed by atoms with E-state index in [9.17, 15) is 4.79 Å². The van der Waals surface area contributed by atoms with Gasteiger partial charge in [-0.15, -0.1) is 0 Å². The van der Waals surface area contributed by atoms with E-state index in [-0.39, 0.29) is 5.97 Å². The number of nitrogens with zero attached hydrogens (tertiary/aromatic N) is 1. The summed E-state index contributed by atoms with van der Waals surface area (Å²) in [6.07, 6.45) is 3.02. The molecule has 0 unspecified atom stereocenters. The monoisotopic (exact) mass is 335 g/mol. The molecule has 0 heterocycles. The topological polar surface area (TPSA) is 72.0 Å². The summed E-state index contributed by atoms with van der Waals surface area (Å²) in [7, 11) is 3.08. The normalized spacial score (nSPS) is 11.0. The molecule has 2 N–H and O–H groups in total. The summed E-state index contributed by atoms with van der Waals surface area (Å²) in [6, 6.07) is 8.07. The molecule has 0 radical (unpaired) electrons. The van der Waals surface area contributed by atoms with Gasteiger partial charge in [0, 0.05) is 26.1 Å². The van der Waals surface area contributed by atoms with Crippen molar-refractivity contribution in [2.75, 3.05) is 33.9 Å². The lowest BCUT2D eigenvalue weighted by Crippen LogP contribution is -2.38. The first-order valence-corrected chi connectivity index (χ1v) is 8.41. The van der Waals surface area contributed by atoms with Crippen LogP contribution in [0.5, 0.6) is 5.75 Å². The van der Waals surface area contributed by atoms with Crippen LogP contribution < -0.4 is 15.4 Å². The Morgan fingerprint density at radius 2 is 1.88 bits per heavy atom. The van der Waals surface area contributed by atoms with Crippen LogP contribution in [0, 0.1) is 0 Å². The minimum Gasteiger partial charge on any atom is -0.497 e. The Kier molecular flexibility index (Phi) is 10.1. The molecule has 0 atom stereocenters. The fourth-order valence-electron chi connectivity index (χ4n) is 2.13. The van der Waals surface area contributed by atoms with E-state index in [1.54, 1.807) is 7.11 Å². The van der Waals surface area contributed by atoms with Gasteiger partial charge in [0.25, 0.3) is 0 Å². The van der Waals surface area contributed by atoms with Crippen molar-refractivity contribution in [2.24, 2.45) is 4.99 Å². The van der Waals surface area contributed by atoms with Crippen molar-refractivity contribution in [1.29, 1.82) is 0 Å². The predicted octanol–water partition coefficient (Wildman–Crippen LogP) is 2.14. The van der Waals surface area contributed by atoms with Crippen LogP contribution >= 0.6 is 0 Å². The summed E-state index contributed by atoms with van der Waals surface area (Å²) in [5, 5.41) is 6.55. The second-order valence-electron chi connectivity index (χ2n) is 5.32. The standard InChI is InChI=1S/C18H29N3O3/c1-4-19-18(20-13-6-5-7-17(22)24-3)21-14-12-15-8-10-16(23-2)11-9-15/h8-11H,4-7,12-14H2,1-3H3,(H2,19,20,21). The zero-order valence-electron chi connectivity index (χ0n) is 14.9. The summed E-state index contributed by atoms with van der Waals surface area (Å²) in [5.41, 5.74) is 1.25. The highest BCUT2D eigenvalue weighted by atomic mass is 16.5. The second kappa shape index (κ2) is 12.2. The highest BCUT2D eigenvalue weighted by Gasteiger charge is 2.00. The van der Waals surface area contributed by atoms with Gasteiger partial charge in [0.1, 0.15) is 5.75 Å². The number of ether oxygens (including phenoxy) is 2. The maximum absolute atomic E-state index is 11.0. The third-order valence-electron chi connectivity index (χ3n) is 3.50. The predicted molar refractivity (Wildman–Crippen MR) is 96.5 cm³/mol. The van der Waals surface area contributed by atoms with Crippen LogP contribution in [0.2, 0.25) is 0 Å². The number of hydrogen-bond donors (Lipinski definition) is 2. The second-order valence-corrected chi connectivity index (χ2v) is 5.32. The van der Waals surface area contributed by atoms with Crippen LogP contribution in [0.3, 0.4) is 0 Å². The first-order chi connectivity index (χ1) is 11.7. The molecule has 0 fully saturated rings. The van der Waals surface area contributed by atoms with Gasteiger partial charge in [0.05, 0.1) is 14.2 Å². The molecule has 6 heteroatoms. The van der Waals surface area contributed by atoms with Crippen LogP contribution in [0.15, 0.2) is 29.3 Å². The zero-order chi connectivity index (χ0) is 17.6. The minimum absolute atomic E-state index is 0.163. The molecule has 1 aromatic rings. The van der Waals surface area contributed by atoms with Gasteiger partial charge in [-0.05, 0) is 43.9 Å². The van der Waals surface area contributed by atoms with Gasteiger partial charge in [-0.25, -0.2) is 0 Å². The third kappa shape index (κ3) is 8.41. The molecule has 134 valence electrons. The Bertz CT molecular complexity index is 501. The molecule has 0 aliphatic heterocycles. The summed E-state index contributed by atoms with van der Waals surface area (Å²) >= 11 is 0. The number of aliphatic imine (C=N–C) groups is 1. The van der Waals surface area contributed by atoms with Gasteiger partial charge in [0.2, 0.25) is 0 Å². The van der Waals surface area contributed by atoms with Crippen molar-refractivity contribution in [3.05, 3.63) is 29.8 Å². The van der Waals surface area contributed by atoms with Gasteiger partial charge in [-0.3, -0.25) is 9.79 Å². The van der Waals surface area contributed by atoms with Gasteiger partial charge in [-0.1, -0.05) is 12.1 Å². The molecular formula is C18H29N3O3. The van der Waals surface area contributed by atoms with Crippen molar-refractivity contribution in [2.45, 2.75) is 32.6 Å². The molecule has 6 nitrogen and oxygen atoms in total. The third-order valence-corrected chi connectivity index (χ3v) is 3.50. The largest absolute Gasteiger partial charge is 0.497 e. The molecule has 0 spiro atoms. The molecule has 0 aliphatic rings. The lowest BCUT2D eigenvalue weighted by Gasteiger charge is -2.11. The van der Waals surface area contributed by atoms with Crippen LogP contribution in [-0.2, 0) is 16.0 Å².